The van der Waals surface area contributed by atoms with Crippen LogP contribution < -0.4 is 15.8 Å². The molecule has 20 heavy (non-hydrogen) atoms. The van der Waals surface area contributed by atoms with Crippen molar-refractivity contribution in [3.05, 3.63) is 59.2 Å². The van der Waals surface area contributed by atoms with Crippen molar-refractivity contribution in [2.75, 3.05) is 5.32 Å². The molecule has 0 aliphatic rings. The number of benzene rings is 2. The van der Waals surface area contributed by atoms with Crippen molar-refractivity contribution in [3.63, 3.8) is 0 Å². The Morgan fingerprint density at radius 3 is 2.70 bits per heavy atom. The number of nitrogens with one attached hydrogen (secondary N) is 1. The molecule has 0 bridgehead atoms. The molecule has 0 atom stereocenters. The average molecular weight is 286 g/mol. The van der Waals surface area contributed by atoms with E-state index in [1.807, 2.05) is 43.3 Å². The number of anilines is 1. The predicted octanol–water partition coefficient (Wildman–Crippen LogP) is 3.54. The number of nitrogens with two attached hydrogens (primary N) is 1. The van der Waals surface area contributed by atoms with Crippen molar-refractivity contribution >= 4 is 23.0 Å². The molecule has 3 N–H and O–H groups in total. The van der Waals surface area contributed by atoms with E-state index in [-0.39, 0.29) is 5.11 Å². The van der Waals surface area contributed by atoms with E-state index in [1.165, 1.54) is 5.56 Å². The van der Waals surface area contributed by atoms with Crippen LogP contribution in [0.2, 0.25) is 0 Å². The third-order valence-electron chi connectivity index (χ3n) is 2.92. The topological polar surface area (TPSA) is 47.3 Å². The number of ether oxygens (including phenoxy) is 1. The van der Waals surface area contributed by atoms with Crippen molar-refractivity contribution in [1.29, 1.82) is 0 Å². The fraction of sp³-hybridized carbons (Fsp3) is 0.188. The molecule has 4 heteroatoms. The van der Waals surface area contributed by atoms with Crippen molar-refractivity contribution < 1.29 is 4.74 Å². The summed E-state index contributed by atoms with van der Waals surface area (Å²) >= 11 is 4.83. The highest BCUT2D eigenvalue weighted by Gasteiger charge is 2.01. The Morgan fingerprint density at radius 1 is 1.20 bits per heavy atom. The summed E-state index contributed by atoms with van der Waals surface area (Å²) in [5.74, 6) is 0.906. The van der Waals surface area contributed by atoms with Gasteiger partial charge in [0.05, 0.1) is 0 Å². The maximum absolute atomic E-state index is 5.85. The standard InChI is InChI=1S/C16H18N2OS/c1-11-6-7-15(12(2)8-11)19-10-13-4-3-5-14(9-13)18-16(17)20/h3-9H,10H2,1-2H3,(H3,17,18,20). The Hall–Kier alpha value is -2.07. The first kappa shape index (κ1) is 14.3. The van der Waals surface area contributed by atoms with E-state index in [1.54, 1.807) is 0 Å². The molecule has 0 saturated carbocycles. The van der Waals surface area contributed by atoms with Crippen LogP contribution in [0.4, 0.5) is 5.69 Å². The zero-order valence-corrected chi connectivity index (χ0v) is 12.5. The van der Waals surface area contributed by atoms with Crippen LogP contribution in [0, 0.1) is 13.8 Å². The highest BCUT2D eigenvalue weighted by Crippen LogP contribution is 2.20. The molecule has 2 rings (SSSR count). The molecule has 0 saturated heterocycles. The van der Waals surface area contributed by atoms with Crippen LogP contribution in [0.15, 0.2) is 42.5 Å². The largest absolute Gasteiger partial charge is 0.489 e. The van der Waals surface area contributed by atoms with Crippen LogP contribution in [0.3, 0.4) is 0 Å². The molecule has 0 aromatic heterocycles. The van der Waals surface area contributed by atoms with Crippen LogP contribution in [0.1, 0.15) is 16.7 Å². The molecule has 104 valence electrons. The maximum Gasteiger partial charge on any atom is 0.168 e. The van der Waals surface area contributed by atoms with Gasteiger partial charge in [-0.05, 0) is 55.4 Å². The second kappa shape index (κ2) is 6.39. The van der Waals surface area contributed by atoms with E-state index in [0.717, 1.165) is 22.6 Å². The summed E-state index contributed by atoms with van der Waals surface area (Å²) < 4.78 is 5.85. The average Bonchev–Trinajstić information content (AvgIpc) is 2.37. The Kier molecular flexibility index (Phi) is 4.58. The smallest absolute Gasteiger partial charge is 0.168 e. The van der Waals surface area contributed by atoms with E-state index >= 15 is 0 Å². The van der Waals surface area contributed by atoms with Gasteiger partial charge in [-0.3, -0.25) is 0 Å². The lowest BCUT2D eigenvalue weighted by molar-refractivity contribution is 0.304. The molecule has 0 unspecified atom stereocenters. The quantitative estimate of drug-likeness (QED) is 0.844. The fourth-order valence-electron chi connectivity index (χ4n) is 2.00. The second-order valence-electron chi connectivity index (χ2n) is 4.75. The van der Waals surface area contributed by atoms with E-state index in [9.17, 15) is 0 Å². The van der Waals surface area contributed by atoms with Gasteiger partial charge in [-0.1, -0.05) is 29.8 Å². The fourth-order valence-corrected chi connectivity index (χ4v) is 2.12. The lowest BCUT2D eigenvalue weighted by Gasteiger charge is -2.11. The van der Waals surface area contributed by atoms with Crippen molar-refractivity contribution in [2.24, 2.45) is 5.73 Å². The van der Waals surface area contributed by atoms with Gasteiger partial charge < -0.3 is 15.8 Å². The molecule has 0 fully saturated rings. The summed E-state index contributed by atoms with van der Waals surface area (Å²) in [6, 6.07) is 14.0. The SMILES string of the molecule is Cc1ccc(OCc2cccc(NC(N)=S)c2)c(C)c1. The molecule has 0 spiro atoms. The summed E-state index contributed by atoms with van der Waals surface area (Å²) in [6.45, 7) is 4.63. The van der Waals surface area contributed by atoms with E-state index in [0.29, 0.717) is 6.61 Å². The summed E-state index contributed by atoms with van der Waals surface area (Å²) in [6.07, 6.45) is 0. The van der Waals surface area contributed by atoms with Gasteiger partial charge in [0.2, 0.25) is 0 Å². The number of hydrogen-bond donors (Lipinski definition) is 2. The molecule has 0 aliphatic carbocycles. The van der Waals surface area contributed by atoms with Crippen molar-refractivity contribution in [1.82, 2.24) is 0 Å². The number of aryl methyl sites for hydroxylation is 2. The van der Waals surface area contributed by atoms with E-state index < -0.39 is 0 Å². The molecule has 0 amide bonds. The Labute approximate surface area is 124 Å². The highest BCUT2D eigenvalue weighted by atomic mass is 32.1. The van der Waals surface area contributed by atoms with Gasteiger partial charge in [0.25, 0.3) is 0 Å². The lowest BCUT2D eigenvalue weighted by atomic mass is 10.1. The van der Waals surface area contributed by atoms with Crippen LogP contribution in [-0.4, -0.2) is 5.11 Å². The normalized spacial score (nSPS) is 10.1. The number of rotatable bonds is 4. The molecule has 0 heterocycles. The zero-order chi connectivity index (χ0) is 14.5. The van der Waals surface area contributed by atoms with Gasteiger partial charge in [0.15, 0.2) is 5.11 Å². The summed E-state index contributed by atoms with van der Waals surface area (Å²) in [5, 5.41) is 3.18. The molecular formula is C16H18N2OS. The van der Waals surface area contributed by atoms with E-state index in [2.05, 4.69) is 18.3 Å². The summed E-state index contributed by atoms with van der Waals surface area (Å²) in [7, 11) is 0. The Bertz CT molecular complexity index is 626. The van der Waals surface area contributed by atoms with Crippen LogP contribution >= 0.6 is 12.2 Å². The van der Waals surface area contributed by atoms with Crippen LogP contribution in [-0.2, 0) is 6.61 Å². The molecule has 2 aromatic rings. The van der Waals surface area contributed by atoms with Crippen LogP contribution in [0.5, 0.6) is 5.75 Å². The molecular weight excluding hydrogens is 268 g/mol. The van der Waals surface area contributed by atoms with Crippen molar-refractivity contribution in [3.8, 4) is 5.75 Å². The lowest BCUT2D eigenvalue weighted by Crippen LogP contribution is -2.18. The molecule has 2 aromatic carbocycles. The first-order chi connectivity index (χ1) is 9.54. The number of thiocarbonyl (C=S) groups is 1. The minimum atomic E-state index is 0.262. The zero-order valence-electron chi connectivity index (χ0n) is 11.6. The highest BCUT2D eigenvalue weighted by molar-refractivity contribution is 7.80. The van der Waals surface area contributed by atoms with Crippen molar-refractivity contribution in [2.45, 2.75) is 20.5 Å². The summed E-state index contributed by atoms with van der Waals surface area (Å²) in [5.41, 5.74) is 9.77. The van der Waals surface area contributed by atoms with Crippen LogP contribution in [0.25, 0.3) is 0 Å². The van der Waals surface area contributed by atoms with Gasteiger partial charge in [-0.15, -0.1) is 0 Å². The monoisotopic (exact) mass is 286 g/mol. The van der Waals surface area contributed by atoms with Gasteiger partial charge in [-0.2, -0.15) is 0 Å². The first-order valence-corrected chi connectivity index (χ1v) is 6.81. The number of hydrogen-bond acceptors (Lipinski definition) is 2. The minimum Gasteiger partial charge on any atom is -0.489 e. The van der Waals surface area contributed by atoms with Gasteiger partial charge in [0, 0.05) is 5.69 Å². The van der Waals surface area contributed by atoms with Gasteiger partial charge in [-0.25, -0.2) is 0 Å². The Balaban J connectivity index is 2.05. The maximum atomic E-state index is 5.85. The molecule has 0 aliphatic heterocycles. The third-order valence-corrected chi connectivity index (χ3v) is 3.02. The Morgan fingerprint density at radius 2 is 2.00 bits per heavy atom. The predicted molar refractivity (Wildman–Crippen MR) is 87.1 cm³/mol. The minimum absolute atomic E-state index is 0.262. The van der Waals surface area contributed by atoms with Gasteiger partial charge in [0.1, 0.15) is 12.4 Å². The van der Waals surface area contributed by atoms with Gasteiger partial charge >= 0.3 is 0 Å². The second-order valence-corrected chi connectivity index (χ2v) is 5.19. The molecule has 0 radical (unpaired) electrons. The van der Waals surface area contributed by atoms with E-state index in [4.69, 9.17) is 22.7 Å². The third kappa shape index (κ3) is 3.96. The molecule has 3 nitrogen and oxygen atoms in total. The first-order valence-electron chi connectivity index (χ1n) is 6.40. The summed E-state index contributed by atoms with van der Waals surface area (Å²) in [4.78, 5) is 0.